The Morgan fingerprint density at radius 2 is 2.50 bits per heavy atom. The van der Waals surface area contributed by atoms with E-state index in [0.717, 1.165) is 5.56 Å². The summed E-state index contributed by atoms with van der Waals surface area (Å²) in [7, 11) is 0. The molecule has 2 heterocycles. The molecule has 0 bridgehead atoms. The van der Waals surface area contributed by atoms with Crippen molar-refractivity contribution in [3.05, 3.63) is 40.6 Å². The summed E-state index contributed by atoms with van der Waals surface area (Å²) in [4.78, 5) is 6.84. The number of H-pyrrole nitrogens is 1. The van der Waals surface area contributed by atoms with Crippen molar-refractivity contribution in [2.45, 2.75) is 6.10 Å². The molecule has 0 aliphatic carbocycles. The number of nitrogens with zero attached hydrogens (tertiary/aromatic N) is 1. The van der Waals surface area contributed by atoms with Crippen molar-refractivity contribution in [1.82, 2.24) is 9.97 Å². The quantitative estimate of drug-likeness (QED) is 0.736. The maximum atomic E-state index is 9.68. The largest absolute Gasteiger partial charge is 0.380 e. The molecule has 0 fully saturated rings. The summed E-state index contributed by atoms with van der Waals surface area (Å²) in [6.07, 6.45) is 2.71. The van der Waals surface area contributed by atoms with Gasteiger partial charge in [0, 0.05) is 12.4 Å². The van der Waals surface area contributed by atoms with E-state index in [4.69, 9.17) is 0 Å². The van der Waals surface area contributed by atoms with Crippen molar-refractivity contribution < 1.29 is 5.11 Å². The van der Waals surface area contributed by atoms with Crippen LogP contribution in [-0.4, -0.2) is 15.1 Å². The van der Waals surface area contributed by atoms with Crippen molar-refractivity contribution in [3.8, 4) is 0 Å². The van der Waals surface area contributed by atoms with Gasteiger partial charge in [-0.25, -0.2) is 4.98 Å². The van der Waals surface area contributed by atoms with Crippen molar-refractivity contribution >= 4 is 11.3 Å². The van der Waals surface area contributed by atoms with Crippen LogP contribution in [-0.2, 0) is 0 Å². The number of rotatable bonds is 2. The second-order valence-corrected chi connectivity index (χ2v) is 3.21. The maximum Gasteiger partial charge on any atom is 0.139 e. The number of aromatic nitrogens is 2. The summed E-state index contributed by atoms with van der Waals surface area (Å²) in [5, 5.41) is 13.5. The van der Waals surface area contributed by atoms with Crippen LogP contribution in [0.5, 0.6) is 0 Å². The number of imidazole rings is 1. The van der Waals surface area contributed by atoms with E-state index < -0.39 is 6.10 Å². The molecule has 0 radical (unpaired) electrons. The lowest BCUT2D eigenvalue weighted by Gasteiger charge is -2.03. The Hall–Kier alpha value is -1.13. The van der Waals surface area contributed by atoms with E-state index >= 15 is 0 Å². The molecule has 4 heteroatoms. The van der Waals surface area contributed by atoms with Crippen LogP contribution >= 0.6 is 11.3 Å². The molecule has 1 atom stereocenters. The molecule has 0 aliphatic heterocycles. The first-order valence-electron chi connectivity index (χ1n) is 3.57. The molecular formula is C8H8N2OS. The molecule has 2 aromatic heterocycles. The second-order valence-electron chi connectivity index (χ2n) is 2.43. The van der Waals surface area contributed by atoms with Gasteiger partial charge in [0.15, 0.2) is 0 Å². The molecule has 0 aromatic carbocycles. The fourth-order valence-electron chi connectivity index (χ4n) is 1.02. The third kappa shape index (κ3) is 1.26. The van der Waals surface area contributed by atoms with E-state index in [0.29, 0.717) is 5.82 Å². The van der Waals surface area contributed by atoms with Crippen LogP contribution in [0.2, 0.25) is 0 Å². The Labute approximate surface area is 73.7 Å². The highest BCUT2D eigenvalue weighted by Gasteiger charge is 2.11. The van der Waals surface area contributed by atoms with Gasteiger partial charge >= 0.3 is 0 Å². The fourth-order valence-corrected chi connectivity index (χ4v) is 1.69. The van der Waals surface area contributed by atoms with Crippen LogP contribution in [0.3, 0.4) is 0 Å². The van der Waals surface area contributed by atoms with Gasteiger partial charge in [-0.3, -0.25) is 0 Å². The molecule has 12 heavy (non-hydrogen) atoms. The van der Waals surface area contributed by atoms with Gasteiger partial charge < -0.3 is 10.1 Å². The highest BCUT2D eigenvalue weighted by molar-refractivity contribution is 7.07. The van der Waals surface area contributed by atoms with E-state index in [1.54, 1.807) is 23.7 Å². The third-order valence-electron chi connectivity index (χ3n) is 1.64. The molecule has 3 nitrogen and oxygen atoms in total. The van der Waals surface area contributed by atoms with E-state index in [9.17, 15) is 5.11 Å². The predicted molar refractivity (Wildman–Crippen MR) is 47.0 cm³/mol. The minimum atomic E-state index is -0.619. The summed E-state index contributed by atoms with van der Waals surface area (Å²) < 4.78 is 0. The number of aliphatic hydroxyl groups is 1. The summed E-state index contributed by atoms with van der Waals surface area (Å²) >= 11 is 1.56. The predicted octanol–water partition coefficient (Wildman–Crippen LogP) is 1.55. The minimum absolute atomic E-state index is 0.591. The van der Waals surface area contributed by atoms with Crippen LogP contribution < -0.4 is 0 Å². The molecule has 0 saturated heterocycles. The van der Waals surface area contributed by atoms with Crippen LogP contribution in [0.1, 0.15) is 17.5 Å². The number of hydrogen-bond acceptors (Lipinski definition) is 3. The standard InChI is InChI=1S/C8H8N2OS/c11-7(6-1-4-12-5-6)8-9-2-3-10-8/h1-5,7,11H,(H,9,10). The average Bonchev–Trinajstić information content (AvgIpc) is 2.77. The first-order valence-corrected chi connectivity index (χ1v) is 4.51. The van der Waals surface area contributed by atoms with E-state index in [1.807, 2.05) is 16.8 Å². The molecule has 2 aromatic rings. The van der Waals surface area contributed by atoms with Crippen molar-refractivity contribution in [1.29, 1.82) is 0 Å². The number of aliphatic hydroxyl groups excluding tert-OH is 1. The molecule has 0 aliphatic rings. The molecule has 2 N–H and O–H groups in total. The van der Waals surface area contributed by atoms with Crippen LogP contribution in [0.4, 0.5) is 0 Å². The molecule has 1 unspecified atom stereocenters. The highest BCUT2D eigenvalue weighted by Crippen LogP contribution is 2.20. The number of nitrogens with one attached hydrogen (secondary N) is 1. The zero-order valence-corrected chi connectivity index (χ0v) is 7.08. The van der Waals surface area contributed by atoms with Gasteiger partial charge in [0.25, 0.3) is 0 Å². The summed E-state index contributed by atoms with van der Waals surface area (Å²) in [6, 6.07) is 1.89. The monoisotopic (exact) mass is 180 g/mol. The molecule has 0 spiro atoms. The Morgan fingerprint density at radius 1 is 1.58 bits per heavy atom. The maximum absolute atomic E-state index is 9.68. The second kappa shape index (κ2) is 3.08. The zero-order chi connectivity index (χ0) is 8.39. The fraction of sp³-hybridized carbons (Fsp3) is 0.125. The molecule has 62 valence electrons. The summed E-state index contributed by atoms with van der Waals surface area (Å²) in [6.45, 7) is 0. The molecular weight excluding hydrogens is 172 g/mol. The van der Waals surface area contributed by atoms with Gasteiger partial charge in [0.1, 0.15) is 11.9 Å². The summed E-state index contributed by atoms with van der Waals surface area (Å²) in [5.41, 5.74) is 0.884. The Kier molecular flexibility index (Phi) is 1.93. The topological polar surface area (TPSA) is 48.9 Å². The lowest BCUT2D eigenvalue weighted by atomic mass is 10.2. The van der Waals surface area contributed by atoms with E-state index in [1.165, 1.54) is 0 Å². The lowest BCUT2D eigenvalue weighted by molar-refractivity contribution is 0.211. The average molecular weight is 180 g/mol. The molecule has 2 rings (SSSR count). The number of hydrogen-bond donors (Lipinski definition) is 2. The van der Waals surface area contributed by atoms with Gasteiger partial charge in [-0.2, -0.15) is 11.3 Å². The van der Waals surface area contributed by atoms with Crippen molar-refractivity contribution in [2.75, 3.05) is 0 Å². The lowest BCUT2D eigenvalue weighted by Crippen LogP contribution is -1.99. The molecule has 0 amide bonds. The van der Waals surface area contributed by atoms with Crippen molar-refractivity contribution in [2.24, 2.45) is 0 Å². The minimum Gasteiger partial charge on any atom is -0.380 e. The van der Waals surface area contributed by atoms with E-state index in [2.05, 4.69) is 9.97 Å². The number of thiophene rings is 1. The van der Waals surface area contributed by atoms with Crippen LogP contribution in [0.25, 0.3) is 0 Å². The van der Waals surface area contributed by atoms with Gasteiger partial charge in [0.2, 0.25) is 0 Å². The SMILES string of the molecule is OC(c1ccsc1)c1ncc[nH]1. The van der Waals surface area contributed by atoms with Gasteiger partial charge in [-0.1, -0.05) is 0 Å². The first-order chi connectivity index (χ1) is 5.88. The van der Waals surface area contributed by atoms with Crippen LogP contribution in [0.15, 0.2) is 29.2 Å². The Balaban J connectivity index is 2.27. The van der Waals surface area contributed by atoms with Gasteiger partial charge in [0.05, 0.1) is 0 Å². The Bertz CT molecular complexity index is 294. The van der Waals surface area contributed by atoms with Crippen LogP contribution in [0, 0.1) is 0 Å². The third-order valence-corrected chi connectivity index (χ3v) is 2.34. The Morgan fingerprint density at radius 3 is 3.08 bits per heavy atom. The number of aromatic amines is 1. The van der Waals surface area contributed by atoms with E-state index in [-0.39, 0.29) is 0 Å². The first kappa shape index (κ1) is 7.52. The van der Waals surface area contributed by atoms with Gasteiger partial charge in [-0.05, 0) is 22.4 Å². The molecule has 0 saturated carbocycles. The highest BCUT2D eigenvalue weighted by atomic mass is 32.1. The van der Waals surface area contributed by atoms with Gasteiger partial charge in [-0.15, -0.1) is 0 Å². The summed E-state index contributed by atoms with van der Waals surface area (Å²) in [5.74, 6) is 0.591. The smallest absolute Gasteiger partial charge is 0.139 e. The normalized spacial score (nSPS) is 13.1. The van der Waals surface area contributed by atoms with Crippen molar-refractivity contribution in [3.63, 3.8) is 0 Å². The zero-order valence-electron chi connectivity index (χ0n) is 6.27.